The monoisotopic (exact) mass is 231 g/mol. The summed E-state index contributed by atoms with van der Waals surface area (Å²) in [5, 5.41) is 0. The Morgan fingerprint density at radius 1 is 1.35 bits per heavy atom. The molecule has 92 valence electrons. The van der Waals surface area contributed by atoms with Crippen LogP contribution in [0.25, 0.3) is 0 Å². The van der Waals surface area contributed by atoms with Crippen LogP contribution in [0.3, 0.4) is 0 Å². The van der Waals surface area contributed by atoms with Crippen molar-refractivity contribution in [2.75, 3.05) is 13.7 Å². The Hall–Kier alpha value is -1.02. The fraction of sp³-hybridized carbons (Fsp3) is 0.600. The Morgan fingerprint density at radius 3 is 2.76 bits per heavy atom. The number of ether oxygens (including phenoxy) is 1. The van der Waals surface area contributed by atoms with Crippen molar-refractivity contribution in [1.82, 2.24) is 0 Å². The maximum Gasteiger partial charge on any atom is 0.119 e. The number of hydrogen-bond acceptors (Lipinski definition) is 2. The number of benzene rings is 1. The first kappa shape index (κ1) is 11.1. The Labute approximate surface area is 103 Å². The molecule has 2 N–H and O–H groups in total. The van der Waals surface area contributed by atoms with Gasteiger partial charge in [0.2, 0.25) is 0 Å². The van der Waals surface area contributed by atoms with Crippen LogP contribution < -0.4 is 10.5 Å². The van der Waals surface area contributed by atoms with E-state index < -0.39 is 0 Å². The molecule has 1 fully saturated rings. The first-order valence-corrected chi connectivity index (χ1v) is 6.67. The van der Waals surface area contributed by atoms with Crippen molar-refractivity contribution in [3.05, 3.63) is 29.3 Å². The third kappa shape index (κ3) is 1.58. The van der Waals surface area contributed by atoms with Crippen molar-refractivity contribution < 1.29 is 4.74 Å². The van der Waals surface area contributed by atoms with Gasteiger partial charge in [-0.2, -0.15) is 0 Å². The highest BCUT2D eigenvalue weighted by Crippen LogP contribution is 2.54. The normalized spacial score (nSPS) is 25.2. The predicted molar refractivity (Wildman–Crippen MR) is 69.6 cm³/mol. The van der Waals surface area contributed by atoms with Crippen LogP contribution in [0.4, 0.5) is 0 Å². The van der Waals surface area contributed by atoms with Crippen molar-refractivity contribution in [3.63, 3.8) is 0 Å². The minimum atomic E-state index is 0.450. The molecule has 17 heavy (non-hydrogen) atoms. The highest BCUT2D eigenvalue weighted by molar-refractivity contribution is 5.47. The van der Waals surface area contributed by atoms with E-state index in [2.05, 4.69) is 18.2 Å². The van der Waals surface area contributed by atoms with E-state index in [0.717, 1.165) is 12.3 Å². The topological polar surface area (TPSA) is 35.2 Å². The second kappa shape index (κ2) is 4.02. The zero-order valence-corrected chi connectivity index (χ0v) is 10.5. The Balaban J connectivity index is 2.07. The van der Waals surface area contributed by atoms with E-state index in [1.807, 2.05) is 0 Å². The van der Waals surface area contributed by atoms with E-state index in [9.17, 15) is 0 Å². The van der Waals surface area contributed by atoms with Gasteiger partial charge in [0.1, 0.15) is 5.75 Å². The lowest BCUT2D eigenvalue weighted by Crippen LogP contribution is -2.19. The second-order valence-electron chi connectivity index (χ2n) is 5.58. The summed E-state index contributed by atoms with van der Waals surface area (Å²) >= 11 is 0. The van der Waals surface area contributed by atoms with Crippen LogP contribution in [0.2, 0.25) is 0 Å². The lowest BCUT2D eigenvalue weighted by atomic mass is 9.80. The summed E-state index contributed by atoms with van der Waals surface area (Å²) in [7, 11) is 1.74. The van der Waals surface area contributed by atoms with Crippen molar-refractivity contribution in [1.29, 1.82) is 0 Å². The summed E-state index contributed by atoms with van der Waals surface area (Å²) in [6.45, 7) is 0.766. The van der Waals surface area contributed by atoms with Crippen LogP contribution in [-0.2, 0) is 5.41 Å². The van der Waals surface area contributed by atoms with Gasteiger partial charge in [0.15, 0.2) is 0 Å². The molecule has 1 unspecified atom stereocenters. The number of fused-ring (bicyclic) bond motifs is 2. The fourth-order valence-corrected chi connectivity index (χ4v) is 3.92. The molecule has 0 amide bonds. The van der Waals surface area contributed by atoms with Gasteiger partial charge >= 0.3 is 0 Å². The lowest BCUT2D eigenvalue weighted by molar-refractivity contribution is 0.410. The number of rotatable bonds is 2. The first-order chi connectivity index (χ1) is 8.29. The molecule has 1 atom stereocenters. The quantitative estimate of drug-likeness (QED) is 0.849. The molecule has 1 aromatic rings. The molecular weight excluding hydrogens is 210 g/mol. The van der Waals surface area contributed by atoms with Gasteiger partial charge in [-0.25, -0.2) is 0 Å². The van der Waals surface area contributed by atoms with Crippen LogP contribution in [0.5, 0.6) is 5.75 Å². The molecule has 0 radical (unpaired) electrons. The molecule has 1 spiro atoms. The Kier molecular flexibility index (Phi) is 2.62. The van der Waals surface area contributed by atoms with Crippen LogP contribution >= 0.6 is 0 Å². The van der Waals surface area contributed by atoms with Gasteiger partial charge in [-0.1, -0.05) is 18.9 Å². The summed E-state index contributed by atoms with van der Waals surface area (Å²) in [5.41, 5.74) is 9.41. The van der Waals surface area contributed by atoms with Gasteiger partial charge in [-0.15, -0.1) is 0 Å². The minimum absolute atomic E-state index is 0.450. The Bertz CT molecular complexity index is 421. The van der Waals surface area contributed by atoms with E-state index >= 15 is 0 Å². The van der Waals surface area contributed by atoms with Crippen LogP contribution in [0, 0.1) is 0 Å². The molecule has 0 bridgehead atoms. The summed E-state index contributed by atoms with van der Waals surface area (Å²) < 4.78 is 5.34. The number of methoxy groups -OCH3 is 1. The van der Waals surface area contributed by atoms with E-state index in [4.69, 9.17) is 10.5 Å². The lowest BCUT2D eigenvalue weighted by Gasteiger charge is -2.24. The average Bonchev–Trinajstić information content (AvgIpc) is 2.96. The standard InChI is InChI=1S/C15H21NO/c1-17-12-4-5-14-13(8-12)11(10-16)9-15(14)6-2-3-7-15/h4-5,8,11H,2-3,6-7,9-10,16H2,1H3. The van der Waals surface area contributed by atoms with Crippen molar-refractivity contribution in [2.24, 2.45) is 5.73 Å². The van der Waals surface area contributed by atoms with E-state index in [-0.39, 0.29) is 0 Å². The molecule has 2 aliphatic carbocycles. The van der Waals surface area contributed by atoms with E-state index in [0.29, 0.717) is 11.3 Å². The smallest absolute Gasteiger partial charge is 0.119 e. The van der Waals surface area contributed by atoms with E-state index in [1.54, 1.807) is 12.7 Å². The third-order valence-corrected chi connectivity index (χ3v) is 4.75. The van der Waals surface area contributed by atoms with Gasteiger partial charge in [0.05, 0.1) is 7.11 Å². The zero-order valence-electron chi connectivity index (χ0n) is 10.5. The summed E-state index contributed by atoms with van der Waals surface area (Å²) in [6, 6.07) is 6.60. The molecule has 0 aromatic heterocycles. The zero-order chi connectivity index (χ0) is 11.9. The summed E-state index contributed by atoms with van der Waals surface area (Å²) in [5.74, 6) is 1.51. The highest BCUT2D eigenvalue weighted by atomic mass is 16.5. The molecule has 2 heteroatoms. The summed E-state index contributed by atoms with van der Waals surface area (Å²) in [4.78, 5) is 0. The molecule has 3 rings (SSSR count). The molecule has 2 nitrogen and oxygen atoms in total. The predicted octanol–water partition coefficient (Wildman–Crippen LogP) is 2.95. The van der Waals surface area contributed by atoms with Crippen LogP contribution in [0.1, 0.15) is 49.1 Å². The van der Waals surface area contributed by atoms with Crippen molar-refractivity contribution in [2.45, 2.75) is 43.4 Å². The van der Waals surface area contributed by atoms with Gasteiger partial charge in [-0.3, -0.25) is 0 Å². The average molecular weight is 231 g/mol. The van der Waals surface area contributed by atoms with Crippen LogP contribution in [0.15, 0.2) is 18.2 Å². The molecule has 1 aromatic carbocycles. The minimum Gasteiger partial charge on any atom is -0.497 e. The third-order valence-electron chi connectivity index (χ3n) is 4.75. The number of hydrogen-bond donors (Lipinski definition) is 1. The largest absolute Gasteiger partial charge is 0.497 e. The van der Waals surface area contributed by atoms with E-state index in [1.165, 1.54) is 37.7 Å². The maximum atomic E-state index is 5.95. The van der Waals surface area contributed by atoms with Gasteiger partial charge < -0.3 is 10.5 Å². The first-order valence-electron chi connectivity index (χ1n) is 6.67. The highest BCUT2D eigenvalue weighted by Gasteiger charge is 2.44. The van der Waals surface area contributed by atoms with Crippen molar-refractivity contribution >= 4 is 0 Å². The molecular formula is C15H21NO. The van der Waals surface area contributed by atoms with Crippen molar-refractivity contribution in [3.8, 4) is 5.75 Å². The molecule has 0 saturated heterocycles. The SMILES string of the molecule is COc1ccc2c(c1)C(CN)CC21CCCC1. The number of nitrogens with two attached hydrogens (primary N) is 1. The van der Waals surface area contributed by atoms with Gasteiger partial charge in [0.25, 0.3) is 0 Å². The van der Waals surface area contributed by atoms with Gasteiger partial charge in [0, 0.05) is 0 Å². The summed E-state index contributed by atoms with van der Waals surface area (Å²) in [6.07, 6.45) is 6.71. The molecule has 2 aliphatic rings. The molecule has 0 aliphatic heterocycles. The molecule has 1 saturated carbocycles. The fourth-order valence-electron chi connectivity index (χ4n) is 3.92. The van der Waals surface area contributed by atoms with Gasteiger partial charge in [-0.05, 0) is 60.4 Å². The maximum absolute atomic E-state index is 5.95. The molecule has 0 heterocycles. The Morgan fingerprint density at radius 2 is 2.12 bits per heavy atom. The second-order valence-corrected chi connectivity index (χ2v) is 5.58. The van der Waals surface area contributed by atoms with Crippen LogP contribution in [-0.4, -0.2) is 13.7 Å².